The van der Waals surface area contributed by atoms with Gasteiger partial charge >= 0.3 is 35.7 Å². The molecule has 2 aliphatic heterocycles. The van der Waals surface area contributed by atoms with Gasteiger partial charge in [0, 0.05) is 31.5 Å². The van der Waals surface area contributed by atoms with Crippen LogP contribution in [0.3, 0.4) is 0 Å². The maximum atomic E-state index is 13.1. The number of ether oxygens (including phenoxy) is 1. The van der Waals surface area contributed by atoms with Crippen LogP contribution in [0.1, 0.15) is 72.6 Å². The minimum absolute atomic E-state index is 0. The van der Waals surface area contributed by atoms with Crippen LogP contribution in [0, 0.1) is 23.2 Å². The third-order valence-corrected chi connectivity index (χ3v) is 9.13. The predicted octanol–water partition coefficient (Wildman–Crippen LogP) is -2.57. The van der Waals surface area contributed by atoms with Gasteiger partial charge in [-0.2, -0.15) is 0 Å². The van der Waals surface area contributed by atoms with Gasteiger partial charge in [-0.3, -0.25) is 14.4 Å². The summed E-state index contributed by atoms with van der Waals surface area (Å²) in [4.78, 5) is 52.0. The molecule has 3 rings (SSSR count). The van der Waals surface area contributed by atoms with Crippen molar-refractivity contribution in [2.75, 3.05) is 19.6 Å². The second-order valence-electron chi connectivity index (χ2n) is 12.3. The Bertz CT molecular complexity index is 1060. The number of rotatable bonds is 11. The van der Waals surface area contributed by atoms with Gasteiger partial charge in [-0.25, -0.2) is 13.2 Å². The molecule has 1 saturated carbocycles. The first kappa shape index (κ1) is 35.7. The molecule has 4 N–H and O–H groups in total. The van der Waals surface area contributed by atoms with Crippen molar-refractivity contribution in [1.29, 1.82) is 0 Å². The van der Waals surface area contributed by atoms with E-state index in [-0.39, 0.29) is 77.6 Å². The summed E-state index contributed by atoms with van der Waals surface area (Å²) < 4.78 is 40.2. The van der Waals surface area contributed by atoms with Gasteiger partial charge in [0.05, 0.1) is 6.04 Å². The predicted molar refractivity (Wildman–Crippen MR) is 142 cm³/mol. The van der Waals surface area contributed by atoms with Crippen molar-refractivity contribution < 1.29 is 71.5 Å². The minimum atomic E-state index is -5.19. The quantitative estimate of drug-likeness (QED) is 0.144. The van der Waals surface area contributed by atoms with Crippen molar-refractivity contribution in [3.8, 4) is 0 Å². The summed E-state index contributed by atoms with van der Waals surface area (Å²) in [7, 11) is -5.19. The van der Waals surface area contributed by atoms with Gasteiger partial charge in [-0.1, -0.05) is 27.7 Å². The Kier molecular flexibility index (Phi) is 12.9. The smallest absolute Gasteiger partial charge is 0.746 e. The molecular formula is C26H43N4NaO9S. The fourth-order valence-corrected chi connectivity index (χ4v) is 6.48. The van der Waals surface area contributed by atoms with Gasteiger partial charge in [0.2, 0.25) is 17.7 Å². The molecule has 3 fully saturated rings. The number of hydrogen-bond acceptors (Lipinski definition) is 9. The molecule has 0 aromatic heterocycles. The summed E-state index contributed by atoms with van der Waals surface area (Å²) in [5.41, 5.74) is -2.42. The molecule has 1 unspecified atom stereocenters. The molecule has 0 bridgehead atoms. The summed E-state index contributed by atoms with van der Waals surface area (Å²) in [6.45, 7) is 9.15. The number of alkyl carbamates (subject to hydrolysis) is 1. The van der Waals surface area contributed by atoms with Crippen LogP contribution >= 0.6 is 0 Å². The van der Waals surface area contributed by atoms with E-state index in [1.807, 2.05) is 32.6 Å². The summed E-state index contributed by atoms with van der Waals surface area (Å²) in [5.74, 6) is -1.77. The van der Waals surface area contributed by atoms with E-state index in [2.05, 4.69) is 16.0 Å². The summed E-state index contributed by atoms with van der Waals surface area (Å²) >= 11 is 0. The molecule has 41 heavy (non-hydrogen) atoms. The van der Waals surface area contributed by atoms with Crippen LogP contribution < -0.4 is 45.5 Å². The largest absolute Gasteiger partial charge is 1.00 e. The third-order valence-electron chi connectivity index (χ3n) is 8.21. The number of likely N-dealkylation sites (tertiary alicyclic amines) is 1. The van der Waals surface area contributed by atoms with E-state index in [0.29, 0.717) is 38.9 Å². The molecule has 2 saturated heterocycles. The van der Waals surface area contributed by atoms with E-state index in [9.17, 15) is 37.3 Å². The summed E-state index contributed by atoms with van der Waals surface area (Å²) in [6, 6.07) is -2.65. The van der Waals surface area contributed by atoms with Crippen LogP contribution in [0.5, 0.6) is 0 Å². The van der Waals surface area contributed by atoms with E-state index in [1.165, 1.54) is 0 Å². The van der Waals surface area contributed by atoms with Crippen molar-refractivity contribution >= 4 is 33.9 Å². The maximum Gasteiger partial charge on any atom is 1.00 e. The van der Waals surface area contributed by atoms with Crippen molar-refractivity contribution in [1.82, 2.24) is 20.9 Å². The number of amides is 4. The number of piperidine rings is 1. The Hall–Kier alpha value is -1.45. The zero-order valence-corrected chi connectivity index (χ0v) is 27.5. The van der Waals surface area contributed by atoms with Gasteiger partial charge < -0.3 is 35.2 Å². The second-order valence-corrected chi connectivity index (χ2v) is 13.7. The summed E-state index contributed by atoms with van der Waals surface area (Å²) in [6.07, 6.45) is 2.22. The van der Waals surface area contributed by atoms with Gasteiger partial charge in [0.15, 0.2) is 5.44 Å². The minimum Gasteiger partial charge on any atom is -0.746 e. The topological polar surface area (TPSA) is 194 Å². The zero-order chi connectivity index (χ0) is 29.8. The van der Waals surface area contributed by atoms with Gasteiger partial charge in [0.1, 0.15) is 22.3 Å². The fraction of sp³-hybridized carbons (Fsp3) is 0.846. The van der Waals surface area contributed by atoms with Gasteiger partial charge in [0.25, 0.3) is 0 Å². The molecule has 4 amide bonds. The number of nitrogens with zero attached hydrogens (tertiary/aromatic N) is 1. The fourth-order valence-electron chi connectivity index (χ4n) is 5.90. The molecule has 0 aromatic carbocycles. The first-order chi connectivity index (χ1) is 18.6. The Morgan fingerprint density at radius 3 is 2.24 bits per heavy atom. The SMILES string of the molecule is CC(C)C[C@H](NC(=O)OC1CC2(CCN(C(=O)C(C)C)CC2)C1)C(=O)N[C@@H](C[C@H]1CCNC1=O)C(O)S(=O)(=O)[O-].[Na+]. The number of aliphatic hydroxyl groups is 1. The number of carbonyl (C=O) groups excluding carboxylic acids is 4. The van der Waals surface area contributed by atoms with Crippen LogP contribution in [-0.4, -0.2) is 90.0 Å². The molecule has 3 aliphatic rings. The first-order valence-electron chi connectivity index (χ1n) is 14.1. The monoisotopic (exact) mass is 610 g/mol. The van der Waals surface area contributed by atoms with E-state index < -0.39 is 45.6 Å². The normalized spacial score (nSPS) is 22.8. The molecule has 1 spiro atoms. The second kappa shape index (κ2) is 14.8. The van der Waals surface area contributed by atoms with E-state index >= 15 is 0 Å². The van der Waals surface area contributed by atoms with Crippen LogP contribution in [0.25, 0.3) is 0 Å². The number of carbonyl (C=O) groups is 4. The molecule has 228 valence electrons. The maximum absolute atomic E-state index is 13.1. The molecular weight excluding hydrogens is 567 g/mol. The molecule has 0 aromatic rings. The molecule has 0 radical (unpaired) electrons. The van der Waals surface area contributed by atoms with E-state index in [0.717, 1.165) is 12.8 Å². The van der Waals surface area contributed by atoms with E-state index in [1.54, 1.807) is 0 Å². The molecule has 2 heterocycles. The Morgan fingerprint density at radius 1 is 1.15 bits per heavy atom. The summed E-state index contributed by atoms with van der Waals surface area (Å²) in [5, 5.41) is 17.7. The van der Waals surface area contributed by atoms with E-state index in [4.69, 9.17) is 4.74 Å². The zero-order valence-electron chi connectivity index (χ0n) is 24.7. The standard InChI is InChI=1S/C26H44N4O9S.Na/c1-15(2)11-19(22(32)28-20(24(34)40(36,37)38)12-17-5-8-27-21(17)31)29-25(35)39-18-13-26(14-18)6-9-30(10-7-26)23(33)16(3)4;/h15-20,24,34H,5-14H2,1-4H3,(H,27,31)(H,28,32)(H,29,35)(H,36,37,38);/q;+1/p-1/t17-,19+,20+,24?;/m1./s1. The molecule has 4 atom stereocenters. The average Bonchev–Trinajstić information content (AvgIpc) is 3.24. The number of nitrogens with one attached hydrogen (secondary N) is 3. The first-order valence-corrected chi connectivity index (χ1v) is 15.5. The van der Waals surface area contributed by atoms with Gasteiger partial charge in [-0.05, 0) is 56.3 Å². The Labute approximate surface area is 264 Å². The van der Waals surface area contributed by atoms with Crippen LogP contribution in [-0.2, 0) is 29.2 Å². The average molecular weight is 611 g/mol. The molecule has 1 aliphatic carbocycles. The van der Waals surface area contributed by atoms with Gasteiger partial charge in [-0.15, -0.1) is 0 Å². The van der Waals surface area contributed by atoms with Crippen LogP contribution in [0.15, 0.2) is 0 Å². The van der Waals surface area contributed by atoms with Crippen LogP contribution in [0.2, 0.25) is 0 Å². The van der Waals surface area contributed by atoms with Crippen molar-refractivity contribution in [2.45, 2.75) is 96.3 Å². The van der Waals surface area contributed by atoms with Crippen LogP contribution in [0.4, 0.5) is 4.79 Å². The van der Waals surface area contributed by atoms with Crippen molar-refractivity contribution in [3.63, 3.8) is 0 Å². The number of hydrogen-bond donors (Lipinski definition) is 4. The van der Waals surface area contributed by atoms with Crippen molar-refractivity contribution in [2.24, 2.45) is 23.2 Å². The number of aliphatic hydroxyl groups excluding tert-OH is 1. The Balaban J connectivity index is 0.00000588. The molecule has 15 heteroatoms. The Morgan fingerprint density at radius 2 is 1.76 bits per heavy atom. The van der Waals surface area contributed by atoms with Crippen molar-refractivity contribution in [3.05, 3.63) is 0 Å². The molecule has 13 nitrogen and oxygen atoms in total. The third kappa shape index (κ3) is 9.78.